The molecule has 0 aliphatic rings. The minimum atomic E-state index is -0.540. The van der Waals surface area contributed by atoms with Crippen LogP contribution in [-0.4, -0.2) is 17.6 Å². The number of alkyl carbamates (subject to hydrolysis) is 1. The molecule has 1 amide bonds. The molecule has 1 N–H and O–H groups in total. The first-order chi connectivity index (χ1) is 10.6. The first-order valence-corrected chi connectivity index (χ1v) is 6.95. The number of carbonyl (C=O) groups excluding carboxylic acids is 1. The fourth-order valence-corrected chi connectivity index (χ4v) is 1.82. The zero-order chi connectivity index (χ0) is 15.8. The van der Waals surface area contributed by atoms with E-state index < -0.39 is 11.9 Å². The molecule has 0 spiro atoms. The minimum absolute atomic E-state index is 0.199. The zero-order valence-corrected chi connectivity index (χ0v) is 12.4. The monoisotopic (exact) mass is 320 g/mol. The third-order valence-corrected chi connectivity index (χ3v) is 2.93. The molecule has 4 nitrogen and oxygen atoms in total. The fourth-order valence-electron chi connectivity index (χ4n) is 1.66. The van der Waals surface area contributed by atoms with Gasteiger partial charge in [0.1, 0.15) is 17.6 Å². The predicted molar refractivity (Wildman–Crippen MR) is 82.9 cm³/mol. The number of amides is 1. The van der Waals surface area contributed by atoms with Gasteiger partial charge in [-0.05, 0) is 11.6 Å². The predicted octanol–water partition coefficient (Wildman–Crippen LogP) is 3.81. The maximum Gasteiger partial charge on any atom is 0.407 e. The van der Waals surface area contributed by atoms with Crippen LogP contribution in [0.3, 0.4) is 0 Å². The Kier molecular flexibility index (Phi) is 5.91. The third kappa shape index (κ3) is 5.18. The second-order valence-corrected chi connectivity index (χ2v) is 4.76. The van der Waals surface area contributed by atoms with Gasteiger partial charge >= 0.3 is 6.09 Å². The van der Waals surface area contributed by atoms with Crippen molar-refractivity contribution in [3.8, 4) is 0 Å². The summed E-state index contributed by atoms with van der Waals surface area (Å²) >= 11 is 5.68. The van der Waals surface area contributed by atoms with Crippen LogP contribution in [0.2, 0.25) is 5.15 Å². The molecule has 0 bridgehead atoms. The maximum atomic E-state index is 13.4. The van der Waals surface area contributed by atoms with Crippen LogP contribution in [0.5, 0.6) is 0 Å². The van der Waals surface area contributed by atoms with Crippen molar-refractivity contribution >= 4 is 23.8 Å². The number of aromatic nitrogens is 1. The second kappa shape index (κ2) is 8.14. The van der Waals surface area contributed by atoms with E-state index in [-0.39, 0.29) is 18.3 Å². The van der Waals surface area contributed by atoms with E-state index in [1.54, 1.807) is 6.08 Å². The highest BCUT2D eigenvalue weighted by atomic mass is 35.5. The van der Waals surface area contributed by atoms with Crippen molar-refractivity contribution in [2.45, 2.75) is 6.61 Å². The number of pyridine rings is 1. The lowest BCUT2D eigenvalue weighted by atomic mass is 10.2. The smallest absolute Gasteiger partial charge is 0.407 e. The van der Waals surface area contributed by atoms with E-state index in [1.165, 1.54) is 12.1 Å². The Labute approximate surface area is 132 Å². The van der Waals surface area contributed by atoms with Crippen molar-refractivity contribution in [2.24, 2.45) is 0 Å². The van der Waals surface area contributed by atoms with Crippen LogP contribution < -0.4 is 5.32 Å². The van der Waals surface area contributed by atoms with Gasteiger partial charge in [-0.25, -0.2) is 14.2 Å². The van der Waals surface area contributed by atoms with E-state index in [0.717, 1.165) is 11.8 Å². The molecule has 114 valence electrons. The topological polar surface area (TPSA) is 51.2 Å². The van der Waals surface area contributed by atoms with E-state index in [1.807, 2.05) is 30.3 Å². The summed E-state index contributed by atoms with van der Waals surface area (Å²) in [5, 5.41) is 2.74. The highest BCUT2D eigenvalue weighted by Crippen LogP contribution is 2.12. The Hall–Kier alpha value is -2.40. The van der Waals surface area contributed by atoms with Gasteiger partial charge in [0, 0.05) is 12.1 Å². The lowest BCUT2D eigenvalue weighted by molar-refractivity contribution is 0.141. The highest BCUT2D eigenvalue weighted by Gasteiger charge is 2.02. The van der Waals surface area contributed by atoms with Crippen molar-refractivity contribution in [3.63, 3.8) is 0 Å². The van der Waals surface area contributed by atoms with Crippen LogP contribution in [0.25, 0.3) is 6.08 Å². The molecule has 2 rings (SSSR count). The summed E-state index contributed by atoms with van der Waals surface area (Å²) in [6.07, 6.45) is 3.62. The standard InChI is InChI=1S/C16H14ClFN2O2/c17-15-9-13(14(18)10-20-15)7-4-8-19-16(21)22-11-12-5-2-1-3-6-12/h1-7,9-10H,8,11H2,(H,19,21). The summed E-state index contributed by atoms with van der Waals surface area (Å²) in [6, 6.07) is 10.8. The van der Waals surface area contributed by atoms with Gasteiger partial charge in [0.15, 0.2) is 0 Å². The van der Waals surface area contributed by atoms with E-state index in [0.29, 0.717) is 5.56 Å². The first kappa shape index (κ1) is 16.0. The van der Waals surface area contributed by atoms with Gasteiger partial charge in [0.25, 0.3) is 0 Å². The molecule has 0 aliphatic carbocycles. The summed E-state index contributed by atoms with van der Waals surface area (Å²) in [6.45, 7) is 0.415. The van der Waals surface area contributed by atoms with E-state index in [2.05, 4.69) is 10.3 Å². The van der Waals surface area contributed by atoms with Crippen LogP contribution in [0, 0.1) is 5.82 Å². The Morgan fingerprint density at radius 3 is 2.91 bits per heavy atom. The molecule has 0 unspecified atom stereocenters. The van der Waals surface area contributed by atoms with Crippen LogP contribution in [-0.2, 0) is 11.3 Å². The molecule has 2 aromatic rings. The first-order valence-electron chi connectivity index (χ1n) is 6.57. The highest BCUT2D eigenvalue weighted by molar-refractivity contribution is 6.29. The maximum absolute atomic E-state index is 13.4. The molecular formula is C16H14ClFN2O2. The van der Waals surface area contributed by atoms with Gasteiger partial charge in [-0.2, -0.15) is 0 Å². The van der Waals surface area contributed by atoms with E-state index >= 15 is 0 Å². The lowest BCUT2D eigenvalue weighted by Gasteiger charge is -2.05. The Bertz CT molecular complexity index is 662. The number of carbonyl (C=O) groups is 1. The normalized spacial score (nSPS) is 10.6. The van der Waals surface area contributed by atoms with Crippen molar-refractivity contribution in [2.75, 3.05) is 6.54 Å². The molecule has 0 saturated carbocycles. The molecule has 0 fully saturated rings. The number of halogens is 2. The Morgan fingerprint density at radius 1 is 1.36 bits per heavy atom. The lowest BCUT2D eigenvalue weighted by Crippen LogP contribution is -2.24. The summed E-state index contributed by atoms with van der Waals surface area (Å²) in [5.41, 5.74) is 1.21. The number of benzene rings is 1. The molecular weight excluding hydrogens is 307 g/mol. The molecule has 0 aliphatic heterocycles. The fraction of sp³-hybridized carbons (Fsp3) is 0.125. The van der Waals surface area contributed by atoms with Crippen LogP contribution in [0.15, 0.2) is 48.7 Å². The van der Waals surface area contributed by atoms with Gasteiger partial charge in [0.2, 0.25) is 0 Å². The van der Waals surface area contributed by atoms with Gasteiger partial charge in [-0.1, -0.05) is 54.1 Å². The largest absolute Gasteiger partial charge is 0.445 e. The molecule has 0 atom stereocenters. The third-order valence-electron chi connectivity index (χ3n) is 2.73. The number of nitrogens with one attached hydrogen (secondary N) is 1. The Morgan fingerprint density at radius 2 is 2.14 bits per heavy atom. The molecule has 1 heterocycles. The summed E-state index contributed by atoms with van der Waals surface area (Å²) in [7, 11) is 0. The number of hydrogen-bond acceptors (Lipinski definition) is 3. The van der Waals surface area contributed by atoms with Gasteiger partial charge in [-0.15, -0.1) is 0 Å². The molecule has 22 heavy (non-hydrogen) atoms. The number of nitrogens with zero attached hydrogens (tertiary/aromatic N) is 1. The summed E-state index contributed by atoms with van der Waals surface area (Å²) < 4.78 is 18.4. The van der Waals surface area contributed by atoms with Crippen molar-refractivity contribution < 1.29 is 13.9 Å². The molecule has 1 aromatic carbocycles. The molecule has 0 radical (unpaired) electrons. The van der Waals surface area contributed by atoms with Gasteiger partial charge < -0.3 is 10.1 Å². The van der Waals surface area contributed by atoms with Gasteiger partial charge in [0.05, 0.1) is 6.20 Å². The van der Waals surface area contributed by atoms with Crippen LogP contribution in [0.4, 0.5) is 9.18 Å². The summed E-state index contributed by atoms with van der Waals surface area (Å²) in [4.78, 5) is 15.1. The second-order valence-electron chi connectivity index (χ2n) is 4.37. The SMILES string of the molecule is O=C(NCC=Cc1cc(Cl)ncc1F)OCc1ccccc1. The van der Waals surface area contributed by atoms with Crippen molar-refractivity contribution in [3.05, 3.63) is 70.8 Å². The number of rotatable bonds is 5. The van der Waals surface area contributed by atoms with Crippen molar-refractivity contribution in [1.29, 1.82) is 0 Å². The quantitative estimate of drug-likeness (QED) is 0.852. The number of ether oxygens (including phenoxy) is 1. The molecule has 1 aromatic heterocycles. The zero-order valence-electron chi connectivity index (χ0n) is 11.6. The van der Waals surface area contributed by atoms with E-state index in [9.17, 15) is 9.18 Å². The van der Waals surface area contributed by atoms with Crippen molar-refractivity contribution in [1.82, 2.24) is 10.3 Å². The number of hydrogen-bond donors (Lipinski definition) is 1. The molecule has 6 heteroatoms. The van der Waals surface area contributed by atoms with Crippen LogP contribution >= 0.6 is 11.6 Å². The Balaban J connectivity index is 1.75. The van der Waals surface area contributed by atoms with Gasteiger partial charge in [-0.3, -0.25) is 0 Å². The van der Waals surface area contributed by atoms with Crippen LogP contribution in [0.1, 0.15) is 11.1 Å². The average molecular weight is 321 g/mol. The average Bonchev–Trinajstić information content (AvgIpc) is 2.53. The minimum Gasteiger partial charge on any atom is -0.445 e. The summed E-state index contributed by atoms with van der Waals surface area (Å²) in [5.74, 6) is -0.479. The molecule has 0 saturated heterocycles. The van der Waals surface area contributed by atoms with E-state index in [4.69, 9.17) is 16.3 Å².